The number of amides is 2. The molecule has 0 radical (unpaired) electrons. The SMILES string of the molecule is O=C(NCCN1C(=O)CSC1=S)C1CCCCC1. The van der Waals surface area contributed by atoms with Crippen LogP contribution in [-0.4, -0.2) is 39.9 Å². The van der Waals surface area contributed by atoms with Crippen LogP contribution in [0.3, 0.4) is 0 Å². The summed E-state index contributed by atoms with van der Waals surface area (Å²) in [7, 11) is 0. The second-order valence-electron chi connectivity index (χ2n) is 4.73. The van der Waals surface area contributed by atoms with Crippen molar-refractivity contribution in [1.29, 1.82) is 0 Å². The number of thiocarbonyl (C=S) groups is 1. The Morgan fingerprint density at radius 3 is 2.72 bits per heavy atom. The molecule has 2 amide bonds. The van der Waals surface area contributed by atoms with Gasteiger partial charge in [-0.2, -0.15) is 0 Å². The quantitative estimate of drug-likeness (QED) is 0.797. The maximum absolute atomic E-state index is 11.9. The van der Waals surface area contributed by atoms with Gasteiger partial charge in [-0.3, -0.25) is 14.5 Å². The first-order chi connectivity index (χ1) is 8.68. The number of carbonyl (C=O) groups is 2. The predicted molar refractivity (Wildman–Crippen MR) is 76.4 cm³/mol. The van der Waals surface area contributed by atoms with Gasteiger partial charge in [0.2, 0.25) is 11.8 Å². The molecule has 0 spiro atoms. The molecule has 2 fully saturated rings. The van der Waals surface area contributed by atoms with Crippen LogP contribution in [0.25, 0.3) is 0 Å². The van der Waals surface area contributed by atoms with Crippen LogP contribution in [0.5, 0.6) is 0 Å². The van der Waals surface area contributed by atoms with E-state index in [-0.39, 0.29) is 17.7 Å². The molecule has 0 unspecified atom stereocenters. The zero-order valence-electron chi connectivity index (χ0n) is 10.3. The Labute approximate surface area is 117 Å². The van der Waals surface area contributed by atoms with Crippen LogP contribution in [0.4, 0.5) is 0 Å². The van der Waals surface area contributed by atoms with Gasteiger partial charge >= 0.3 is 0 Å². The Bertz CT molecular complexity index is 338. The molecule has 18 heavy (non-hydrogen) atoms. The average molecular weight is 286 g/mol. The normalized spacial score (nSPS) is 21.4. The summed E-state index contributed by atoms with van der Waals surface area (Å²) < 4.78 is 0.631. The predicted octanol–water partition coefficient (Wildman–Crippen LogP) is 1.54. The summed E-state index contributed by atoms with van der Waals surface area (Å²) in [4.78, 5) is 24.9. The Morgan fingerprint density at radius 2 is 2.11 bits per heavy atom. The topological polar surface area (TPSA) is 49.4 Å². The number of nitrogens with one attached hydrogen (secondary N) is 1. The van der Waals surface area contributed by atoms with Gasteiger partial charge in [-0.15, -0.1) is 0 Å². The van der Waals surface area contributed by atoms with E-state index in [9.17, 15) is 9.59 Å². The molecule has 2 aliphatic rings. The van der Waals surface area contributed by atoms with Crippen LogP contribution in [0.1, 0.15) is 32.1 Å². The van der Waals surface area contributed by atoms with Gasteiger partial charge in [0, 0.05) is 19.0 Å². The first-order valence-corrected chi connectivity index (χ1v) is 7.82. The van der Waals surface area contributed by atoms with Gasteiger partial charge in [-0.05, 0) is 12.8 Å². The van der Waals surface area contributed by atoms with Gasteiger partial charge in [-0.25, -0.2) is 0 Å². The lowest BCUT2D eigenvalue weighted by Crippen LogP contribution is -2.39. The van der Waals surface area contributed by atoms with Crippen molar-refractivity contribution in [2.75, 3.05) is 18.8 Å². The number of hydrogen-bond donors (Lipinski definition) is 1. The average Bonchev–Trinajstić information content (AvgIpc) is 2.71. The minimum absolute atomic E-state index is 0.0527. The molecule has 1 N–H and O–H groups in total. The monoisotopic (exact) mass is 286 g/mol. The number of rotatable bonds is 4. The minimum Gasteiger partial charge on any atom is -0.354 e. The third-order valence-electron chi connectivity index (χ3n) is 3.45. The molecule has 2 rings (SSSR count). The van der Waals surface area contributed by atoms with Crippen molar-refractivity contribution < 1.29 is 9.59 Å². The van der Waals surface area contributed by atoms with Crippen molar-refractivity contribution in [2.45, 2.75) is 32.1 Å². The Morgan fingerprint density at radius 1 is 1.39 bits per heavy atom. The molecule has 0 atom stereocenters. The van der Waals surface area contributed by atoms with Crippen molar-refractivity contribution in [3.63, 3.8) is 0 Å². The van der Waals surface area contributed by atoms with Crippen molar-refractivity contribution in [3.05, 3.63) is 0 Å². The molecule has 100 valence electrons. The van der Waals surface area contributed by atoms with Crippen LogP contribution in [-0.2, 0) is 9.59 Å². The molecule has 1 aliphatic heterocycles. The smallest absolute Gasteiger partial charge is 0.238 e. The van der Waals surface area contributed by atoms with E-state index < -0.39 is 0 Å². The molecule has 1 saturated heterocycles. The molecule has 0 aromatic rings. The van der Waals surface area contributed by atoms with Gasteiger partial charge < -0.3 is 5.32 Å². The Kier molecular flexibility index (Phi) is 5.00. The number of nitrogens with zero attached hydrogens (tertiary/aromatic N) is 1. The van der Waals surface area contributed by atoms with Crippen molar-refractivity contribution >= 4 is 40.1 Å². The minimum atomic E-state index is 0.0527. The molecule has 1 saturated carbocycles. The van der Waals surface area contributed by atoms with Crippen LogP contribution >= 0.6 is 24.0 Å². The molecule has 6 heteroatoms. The largest absolute Gasteiger partial charge is 0.354 e. The molecule has 1 aliphatic carbocycles. The fourth-order valence-electron chi connectivity index (χ4n) is 2.40. The fraction of sp³-hybridized carbons (Fsp3) is 0.750. The highest BCUT2D eigenvalue weighted by Crippen LogP contribution is 2.23. The molecule has 1 heterocycles. The van der Waals surface area contributed by atoms with Crippen LogP contribution < -0.4 is 5.32 Å². The Hall–Kier alpha value is -0.620. The lowest BCUT2D eigenvalue weighted by molar-refractivity contribution is -0.127. The lowest BCUT2D eigenvalue weighted by Gasteiger charge is -2.21. The van der Waals surface area contributed by atoms with Gasteiger partial charge in [0.25, 0.3) is 0 Å². The second-order valence-corrected chi connectivity index (χ2v) is 6.34. The third-order valence-corrected chi connectivity index (χ3v) is 4.88. The maximum Gasteiger partial charge on any atom is 0.238 e. The van der Waals surface area contributed by atoms with Gasteiger partial charge in [0.05, 0.1) is 5.75 Å². The highest BCUT2D eigenvalue weighted by molar-refractivity contribution is 8.23. The lowest BCUT2D eigenvalue weighted by atomic mass is 9.89. The molecular formula is C12H18N2O2S2. The van der Waals surface area contributed by atoms with E-state index >= 15 is 0 Å². The maximum atomic E-state index is 11.9. The summed E-state index contributed by atoms with van der Waals surface area (Å²) in [5.41, 5.74) is 0. The Balaban J connectivity index is 1.69. The number of carbonyl (C=O) groups excluding carboxylic acids is 2. The first-order valence-electron chi connectivity index (χ1n) is 6.43. The van der Waals surface area contributed by atoms with Crippen LogP contribution in [0.15, 0.2) is 0 Å². The summed E-state index contributed by atoms with van der Waals surface area (Å²) in [6.07, 6.45) is 5.57. The van der Waals surface area contributed by atoms with Crippen molar-refractivity contribution in [2.24, 2.45) is 5.92 Å². The van der Waals surface area contributed by atoms with Gasteiger partial charge in [0.1, 0.15) is 4.32 Å². The first kappa shape index (κ1) is 13.8. The fourth-order valence-corrected chi connectivity index (χ4v) is 3.52. The second kappa shape index (κ2) is 6.52. The van der Waals surface area contributed by atoms with Gasteiger partial charge in [-0.1, -0.05) is 43.2 Å². The van der Waals surface area contributed by atoms with E-state index in [0.29, 0.717) is 23.2 Å². The number of thioether (sulfide) groups is 1. The summed E-state index contributed by atoms with van der Waals surface area (Å²) in [5, 5.41) is 2.92. The van der Waals surface area contributed by atoms with Gasteiger partial charge in [0.15, 0.2) is 0 Å². The molecule has 0 aromatic heterocycles. The summed E-state index contributed by atoms with van der Waals surface area (Å²) in [5.74, 6) is 0.807. The molecule has 0 bridgehead atoms. The van der Waals surface area contributed by atoms with E-state index in [0.717, 1.165) is 25.7 Å². The summed E-state index contributed by atoms with van der Waals surface area (Å²) in [6.45, 7) is 1.00. The van der Waals surface area contributed by atoms with Crippen molar-refractivity contribution in [3.8, 4) is 0 Å². The standard InChI is InChI=1S/C12H18N2O2S2/c15-10-8-18-12(17)14(10)7-6-13-11(16)9-4-2-1-3-5-9/h9H,1-8H2,(H,13,16). The van der Waals surface area contributed by atoms with E-state index in [4.69, 9.17) is 12.2 Å². The zero-order valence-corrected chi connectivity index (χ0v) is 11.9. The molecule has 4 nitrogen and oxygen atoms in total. The van der Waals surface area contributed by atoms with E-state index in [2.05, 4.69) is 5.32 Å². The van der Waals surface area contributed by atoms with Crippen LogP contribution in [0.2, 0.25) is 0 Å². The highest BCUT2D eigenvalue weighted by atomic mass is 32.2. The van der Waals surface area contributed by atoms with Crippen LogP contribution in [0, 0.1) is 5.92 Å². The molecular weight excluding hydrogens is 268 g/mol. The van der Waals surface area contributed by atoms with E-state index in [1.807, 2.05) is 0 Å². The summed E-state index contributed by atoms with van der Waals surface area (Å²) in [6, 6.07) is 0. The summed E-state index contributed by atoms with van der Waals surface area (Å²) >= 11 is 6.47. The van der Waals surface area contributed by atoms with Crippen molar-refractivity contribution in [1.82, 2.24) is 10.2 Å². The van der Waals surface area contributed by atoms with E-state index in [1.54, 1.807) is 4.90 Å². The van der Waals surface area contributed by atoms with E-state index in [1.165, 1.54) is 18.2 Å². The number of hydrogen-bond acceptors (Lipinski definition) is 4. The zero-order chi connectivity index (χ0) is 13.0. The third kappa shape index (κ3) is 3.45. The highest BCUT2D eigenvalue weighted by Gasteiger charge is 2.26. The molecule has 0 aromatic carbocycles.